The van der Waals surface area contributed by atoms with E-state index < -0.39 is 10.8 Å². The van der Waals surface area contributed by atoms with Crippen molar-refractivity contribution in [2.75, 3.05) is 12.1 Å². The molecule has 0 saturated heterocycles. The summed E-state index contributed by atoms with van der Waals surface area (Å²) in [5.41, 5.74) is 0.708. The molecule has 0 atom stereocenters. The smallest absolute Gasteiger partial charge is 0.273 e. The van der Waals surface area contributed by atoms with E-state index in [2.05, 4.69) is 5.32 Å². The maximum atomic E-state index is 11.8. The van der Waals surface area contributed by atoms with Crippen LogP contribution in [0.4, 0.5) is 11.4 Å². The second kappa shape index (κ2) is 7.39. The standard InChI is InChI=1S/C18H14N2O6/c21-15-10-13(20(23)24)6-7-14(15)19-18(22)4-2-1-3-12-5-8-16-17(9-12)26-11-25-16/h1-10,21H,11H2,(H,19,22)/b3-1+,4-2+. The van der Waals surface area contributed by atoms with Crippen molar-refractivity contribution >= 4 is 23.4 Å². The van der Waals surface area contributed by atoms with Gasteiger partial charge in [-0.1, -0.05) is 24.3 Å². The molecule has 1 amide bonds. The van der Waals surface area contributed by atoms with Gasteiger partial charge in [0.25, 0.3) is 5.69 Å². The number of allylic oxidation sites excluding steroid dienone is 2. The molecule has 8 heteroatoms. The van der Waals surface area contributed by atoms with E-state index >= 15 is 0 Å². The second-order valence-electron chi connectivity index (χ2n) is 5.28. The number of anilines is 1. The first kappa shape index (κ1) is 17.0. The molecule has 2 N–H and O–H groups in total. The molecule has 0 fully saturated rings. The zero-order chi connectivity index (χ0) is 18.5. The van der Waals surface area contributed by atoms with E-state index in [1.807, 2.05) is 12.1 Å². The van der Waals surface area contributed by atoms with Gasteiger partial charge >= 0.3 is 0 Å². The fourth-order valence-corrected chi connectivity index (χ4v) is 2.24. The molecule has 0 saturated carbocycles. The Morgan fingerprint density at radius 1 is 1.15 bits per heavy atom. The predicted molar refractivity (Wildman–Crippen MR) is 94.1 cm³/mol. The summed E-state index contributed by atoms with van der Waals surface area (Å²) in [7, 11) is 0. The number of benzene rings is 2. The Hall–Kier alpha value is -3.81. The molecule has 3 rings (SSSR count). The summed E-state index contributed by atoms with van der Waals surface area (Å²) in [6.07, 6.45) is 6.26. The molecule has 0 spiro atoms. The maximum absolute atomic E-state index is 11.8. The van der Waals surface area contributed by atoms with Crippen molar-refractivity contribution in [2.24, 2.45) is 0 Å². The van der Waals surface area contributed by atoms with Crippen molar-refractivity contribution < 1.29 is 24.3 Å². The van der Waals surface area contributed by atoms with Gasteiger partial charge in [-0.15, -0.1) is 0 Å². The van der Waals surface area contributed by atoms with Crippen LogP contribution >= 0.6 is 0 Å². The maximum Gasteiger partial charge on any atom is 0.273 e. The number of phenols is 1. The number of nitro benzene ring substituents is 1. The van der Waals surface area contributed by atoms with Crippen LogP contribution < -0.4 is 14.8 Å². The number of non-ortho nitro benzene ring substituents is 1. The lowest BCUT2D eigenvalue weighted by Crippen LogP contribution is -2.07. The van der Waals surface area contributed by atoms with Gasteiger partial charge in [0.2, 0.25) is 12.7 Å². The molecule has 8 nitrogen and oxygen atoms in total. The number of rotatable bonds is 5. The predicted octanol–water partition coefficient (Wildman–Crippen LogP) is 3.24. The number of amides is 1. The number of nitrogens with one attached hydrogen (secondary N) is 1. The van der Waals surface area contributed by atoms with Crippen LogP contribution in [-0.4, -0.2) is 22.7 Å². The van der Waals surface area contributed by atoms with E-state index in [4.69, 9.17) is 9.47 Å². The quantitative estimate of drug-likeness (QED) is 0.280. The van der Waals surface area contributed by atoms with E-state index in [-0.39, 0.29) is 23.9 Å². The first-order valence-electron chi connectivity index (χ1n) is 7.56. The van der Waals surface area contributed by atoms with E-state index in [9.17, 15) is 20.0 Å². The number of hydrogen-bond acceptors (Lipinski definition) is 6. The summed E-state index contributed by atoms with van der Waals surface area (Å²) >= 11 is 0. The Morgan fingerprint density at radius 2 is 1.96 bits per heavy atom. The first-order valence-corrected chi connectivity index (χ1v) is 7.56. The van der Waals surface area contributed by atoms with Gasteiger partial charge < -0.3 is 19.9 Å². The molecule has 0 aromatic heterocycles. The number of fused-ring (bicyclic) bond motifs is 1. The van der Waals surface area contributed by atoms with E-state index in [0.717, 1.165) is 11.6 Å². The molecule has 1 heterocycles. The van der Waals surface area contributed by atoms with Crippen LogP contribution in [0, 0.1) is 10.1 Å². The van der Waals surface area contributed by atoms with Crippen molar-refractivity contribution in [2.45, 2.75) is 0 Å². The van der Waals surface area contributed by atoms with Crippen LogP contribution in [0.25, 0.3) is 6.08 Å². The highest BCUT2D eigenvalue weighted by molar-refractivity contribution is 6.00. The Bertz CT molecular complexity index is 920. The van der Waals surface area contributed by atoms with Gasteiger partial charge in [0.15, 0.2) is 11.5 Å². The number of nitrogens with zero attached hydrogens (tertiary/aromatic N) is 1. The molecule has 2 aromatic rings. The molecule has 2 aromatic carbocycles. The summed E-state index contributed by atoms with van der Waals surface area (Å²) < 4.78 is 10.5. The molecule has 0 unspecified atom stereocenters. The molecule has 0 radical (unpaired) electrons. The first-order chi connectivity index (χ1) is 12.5. The van der Waals surface area contributed by atoms with Crippen molar-refractivity contribution in [1.82, 2.24) is 0 Å². The van der Waals surface area contributed by atoms with Crippen LogP contribution in [0.1, 0.15) is 5.56 Å². The van der Waals surface area contributed by atoms with E-state index in [0.29, 0.717) is 11.5 Å². The third-order valence-corrected chi connectivity index (χ3v) is 3.49. The summed E-state index contributed by atoms with van der Waals surface area (Å²) in [6, 6.07) is 8.91. The minimum absolute atomic E-state index is 0.0880. The van der Waals surface area contributed by atoms with Crippen LogP contribution in [0.2, 0.25) is 0 Å². The van der Waals surface area contributed by atoms with Crippen LogP contribution in [0.15, 0.2) is 54.6 Å². The number of nitro groups is 1. The lowest BCUT2D eigenvalue weighted by atomic mass is 10.2. The minimum atomic E-state index is -0.633. The number of hydrogen-bond donors (Lipinski definition) is 2. The Balaban J connectivity index is 1.58. The SMILES string of the molecule is O=C(/C=C/C=C/c1ccc2c(c1)OCO2)Nc1ccc([N+](=O)[O-])cc1O. The normalized spacial score (nSPS) is 12.6. The van der Waals surface area contributed by atoms with Crippen molar-refractivity contribution in [3.63, 3.8) is 0 Å². The van der Waals surface area contributed by atoms with Gasteiger partial charge in [0.1, 0.15) is 5.75 Å². The van der Waals surface area contributed by atoms with E-state index in [1.54, 1.807) is 18.2 Å². The zero-order valence-corrected chi connectivity index (χ0v) is 13.4. The molecule has 132 valence electrons. The molecule has 1 aliphatic heterocycles. The lowest BCUT2D eigenvalue weighted by molar-refractivity contribution is -0.384. The van der Waals surface area contributed by atoms with Gasteiger partial charge in [0.05, 0.1) is 16.7 Å². The average Bonchev–Trinajstić information content (AvgIpc) is 3.08. The van der Waals surface area contributed by atoms with Crippen LogP contribution in [0.3, 0.4) is 0 Å². The summed E-state index contributed by atoms with van der Waals surface area (Å²) in [5, 5.41) is 22.8. The average molecular weight is 354 g/mol. The molecule has 1 aliphatic rings. The van der Waals surface area contributed by atoms with Crippen molar-refractivity contribution in [3.05, 3.63) is 70.3 Å². The topological polar surface area (TPSA) is 111 Å². The number of carbonyl (C=O) groups excluding carboxylic acids is 1. The molecular weight excluding hydrogens is 340 g/mol. The van der Waals surface area contributed by atoms with E-state index in [1.165, 1.54) is 24.3 Å². The van der Waals surface area contributed by atoms with Gasteiger partial charge in [-0.2, -0.15) is 0 Å². The fraction of sp³-hybridized carbons (Fsp3) is 0.0556. The highest BCUT2D eigenvalue weighted by atomic mass is 16.7. The molecular formula is C18H14N2O6. The largest absolute Gasteiger partial charge is 0.506 e. The second-order valence-corrected chi connectivity index (χ2v) is 5.28. The molecule has 26 heavy (non-hydrogen) atoms. The van der Waals surface area contributed by atoms with Gasteiger partial charge in [-0.05, 0) is 23.8 Å². The van der Waals surface area contributed by atoms with Crippen molar-refractivity contribution in [3.8, 4) is 17.2 Å². The van der Waals surface area contributed by atoms with Crippen LogP contribution in [0.5, 0.6) is 17.2 Å². The monoisotopic (exact) mass is 354 g/mol. The van der Waals surface area contributed by atoms with Gasteiger partial charge in [-0.3, -0.25) is 14.9 Å². The lowest BCUT2D eigenvalue weighted by Gasteiger charge is -2.04. The number of ether oxygens (including phenoxy) is 2. The van der Waals surface area contributed by atoms with Crippen LogP contribution in [-0.2, 0) is 4.79 Å². The Kier molecular flexibility index (Phi) is 4.84. The number of carbonyl (C=O) groups is 1. The highest BCUT2D eigenvalue weighted by Crippen LogP contribution is 2.32. The third kappa shape index (κ3) is 3.99. The fourth-order valence-electron chi connectivity index (χ4n) is 2.24. The zero-order valence-electron chi connectivity index (χ0n) is 13.4. The van der Waals surface area contributed by atoms with Gasteiger partial charge in [0, 0.05) is 12.1 Å². The summed E-state index contributed by atoms with van der Waals surface area (Å²) in [4.78, 5) is 21.8. The highest BCUT2D eigenvalue weighted by Gasteiger charge is 2.12. The molecule has 0 aliphatic carbocycles. The van der Waals surface area contributed by atoms with Crippen molar-refractivity contribution in [1.29, 1.82) is 0 Å². The Morgan fingerprint density at radius 3 is 2.73 bits per heavy atom. The number of aromatic hydroxyl groups is 1. The summed E-state index contributed by atoms with van der Waals surface area (Å²) in [6.45, 7) is 0.206. The summed E-state index contributed by atoms with van der Waals surface area (Å²) in [5.74, 6) is 0.504. The Labute approximate surface area is 148 Å². The number of phenolic OH excluding ortho intramolecular Hbond substituents is 1. The minimum Gasteiger partial charge on any atom is -0.506 e. The molecule has 0 bridgehead atoms. The van der Waals surface area contributed by atoms with Gasteiger partial charge in [-0.25, -0.2) is 0 Å². The third-order valence-electron chi connectivity index (χ3n) is 3.49.